The minimum atomic E-state index is -0.928. The van der Waals surface area contributed by atoms with E-state index in [2.05, 4.69) is 5.32 Å². The largest absolute Gasteiger partial charge is 0.481 e. The number of carbonyl (C=O) groups excluding carboxylic acids is 1. The minimum absolute atomic E-state index is 0.106. The molecular weight excluding hydrogens is 310 g/mol. The lowest BCUT2D eigenvalue weighted by atomic mass is 9.88. The Balaban J connectivity index is 3.04. The van der Waals surface area contributed by atoms with E-state index in [1.54, 1.807) is 12.1 Å². The number of hydrogen-bond donors (Lipinski definition) is 2. The van der Waals surface area contributed by atoms with E-state index >= 15 is 0 Å². The minimum Gasteiger partial charge on any atom is -0.481 e. The molecule has 0 aliphatic heterocycles. The van der Waals surface area contributed by atoms with E-state index in [4.69, 9.17) is 16.7 Å². The first kappa shape index (κ1) is 17.9. The molecule has 0 unspecified atom stereocenters. The van der Waals surface area contributed by atoms with Crippen LogP contribution in [-0.4, -0.2) is 28.8 Å². The molecule has 0 bridgehead atoms. The topological polar surface area (TPSA) is 66.4 Å². The Bertz CT molecular complexity index is 530. The molecule has 0 saturated heterocycles. The maximum atomic E-state index is 12.5. The summed E-state index contributed by atoms with van der Waals surface area (Å²) in [6.07, 6.45) is 2.89. The highest BCUT2D eigenvalue weighted by atomic mass is 35.5. The van der Waals surface area contributed by atoms with E-state index in [1.807, 2.05) is 26.2 Å². The number of halogens is 1. The van der Waals surface area contributed by atoms with Gasteiger partial charge in [0.25, 0.3) is 5.91 Å². The number of carboxylic acids is 1. The van der Waals surface area contributed by atoms with E-state index in [-0.39, 0.29) is 12.3 Å². The summed E-state index contributed by atoms with van der Waals surface area (Å²) in [5.74, 6) is -1.26. The summed E-state index contributed by atoms with van der Waals surface area (Å²) in [6.45, 7) is 3.74. The van der Waals surface area contributed by atoms with Crippen molar-refractivity contribution in [3.05, 3.63) is 28.8 Å². The lowest BCUT2D eigenvalue weighted by molar-refractivity contribution is -0.138. The molecule has 1 amide bonds. The predicted octanol–water partition coefficient (Wildman–Crippen LogP) is 3.83. The van der Waals surface area contributed by atoms with Crippen LogP contribution in [0.5, 0.6) is 0 Å². The summed E-state index contributed by atoms with van der Waals surface area (Å²) in [5.41, 5.74) is -0.373. The molecule has 2 N–H and O–H groups in total. The average Bonchev–Trinajstić information content (AvgIpc) is 2.46. The molecule has 0 spiro atoms. The van der Waals surface area contributed by atoms with Crippen molar-refractivity contribution >= 4 is 35.2 Å². The molecule has 4 nitrogen and oxygen atoms in total. The zero-order valence-electron chi connectivity index (χ0n) is 12.4. The lowest BCUT2D eigenvalue weighted by Crippen LogP contribution is -2.49. The highest BCUT2D eigenvalue weighted by molar-refractivity contribution is 7.98. The van der Waals surface area contributed by atoms with Gasteiger partial charge in [0.1, 0.15) is 0 Å². The monoisotopic (exact) mass is 329 g/mol. The Morgan fingerprint density at radius 1 is 1.33 bits per heavy atom. The highest BCUT2D eigenvalue weighted by Gasteiger charge is 2.31. The van der Waals surface area contributed by atoms with Crippen molar-refractivity contribution < 1.29 is 14.7 Å². The van der Waals surface area contributed by atoms with Crippen molar-refractivity contribution in [3.8, 4) is 0 Å². The van der Waals surface area contributed by atoms with Crippen LogP contribution in [0.25, 0.3) is 0 Å². The van der Waals surface area contributed by atoms with Crippen LogP contribution in [0.15, 0.2) is 23.1 Å². The molecule has 1 aromatic rings. The molecule has 0 heterocycles. The number of benzene rings is 1. The molecule has 0 saturated carbocycles. The molecule has 0 aliphatic carbocycles. The van der Waals surface area contributed by atoms with Gasteiger partial charge in [0.05, 0.1) is 22.5 Å². The third-order valence-electron chi connectivity index (χ3n) is 3.64. The summed E-state index contributed by atoms with van der Waals surface area (Å²) in [6, 6.07) is 5.24. The normalized spacial score (nSPS) is 11.2. The predicted molar refractivity (Wildman–Crippen MR) is 86.3 cm³/mol. The number of amides is 1. The molecule has 0 fully saturated rings. The Morgan fingerprint density at radius 2 is 1.95 bits per heavy atom. The van der Waals surface area contributed by atoms with Crippen molar-refractivity contribution in [3.63, 3.8) is 0 Å². The highest BCUT2D eigenvalue weighted by Crippen LogP contribution is 2.25. The van der Waals surface area contributed by atoms with Crippen LogP contribution in [-0.2, 0) is 4.79 Å². The lowest BCUT2D eigenvalue weighted by Gasteiger charge is -2.31. The SMILES string of the molecule is CCC(CC)(CC(=O)O)NC(=O)c1cc(SC)ccc1Cl. The van der Waals surface area contributed by atoms with Crippen LogP contribution in [0.2, 0.25) is 5.02 Å². The van der Waals surface area contributed by atoms with Crippen molar-refractivity contribution in [2.24, 2.45) is 0 Å². The number of aliphatic carboxylic acids is 1. The van der Waals surface area contributed by atoms with Gasteiger partial charge in [-0.1, -0.05) is 25.4 Å². The Hall–Kier alpha value is -1.20. The number of rotatable bonds is 7. The zero-order chi connectivity index (χ0) is 16.0. The van der Waals surface area contributed by atoms with Gasteiger partial charge in [-0.05, 0) is 37.3 Å². The van der Waals surface area contributed by atoms with E-state index in [9.17, 15) is 9.59 Å². The van der Waals surface area contributed by atoms with E-state index in [0.29, 0.717) is 23.4 Å². The smallest absolute Gasteiger partial charge is 0.305 e. The fourth-order valence-electron chi connectivity index (χ4n) is 2.12. The maximum Gasteiger partial charge on any atom is 0.305 e. The Kier molecular flexibility index (Phi) is 6.55. The van der Waals surface area contributed by atoms with Crippen LogP contribution in [0.4, 0.5) is 0 Å². The van der Waals surface area contributed by atoms with Crippen LogP contribution in [0.1, 0.15) is 43.5 Å². The molecule has 1 aromatic carbocycles. The van der Waals surface area contributed by atoms with Gasteiger partial charge < -0.3 is 10.4 Å². The first-order valence-corrected chi connectivity index (χ1v) is 8.35. The second-order valence-electron chi connectivity index (χ2n) is 4.86. The van der Waals surface area contributed by atoms with Crippen LogP contribution in [0.3, 0.4) is 0 Å². The number of carbonyl (C=O) groups is 2. The second-order valence-corrected chi connectivity index (χ2v) is 6.14. The third-order valence-corrected chi connectivity index (χ3v) is 4.69. The van der Waals surface area contributed by atoms with Crippen molar-refractivity contribution in [1.82, 2.24) is 5.32 Å². The quantitative estimate of drug-likeness (QED) is 0.746. The molecular formula is C15H20ClNO3S. The van der Waals surface area contributed by atoms with Gasteiger partial charge in [0.2, 0.25) is 0 Å². The van der Waals surface area contributed by atoms with Gasteiger partial charge in [-0.3, -0.25) is 9.59 Å². The molecule has 21 heavy (non-hydrogen) atoms. The molecule has 116 valence electrons. The van der Waals surface area contributed by atoms with Gasteiger partial charge in [-0.15, -0.1) is 11.8 Å². The molecule has 0 aromatic heterocycles. The van der Waals surface area contributed by atoms with E-state index in [0.717, 1.165) is 4.90 Å². The van der Waals surface area contributed by atoms with Gasteiger partial charge in [0.15, 0.2) is 0 Å². The van der Waals surface area contributed by atoms with Crippen LogP contribution >= 0.6 is 23.4 Å². The summed E-state index contributed by atoms with van der Waals surface area (Å²) in [5, 5.41) is 12.3. The first-order chi connectivity index (χ1) is 9.87. The van der Waals surface area contributed by atoms with Crippen LogP contribution in [0, 0.1) is 0 Å². The fourth-order valence-corrected chi connectivity index (χ4v) is 2.77. The van der Waals surface area contributed by atoms with E-state index < -0.39 is 11.5 Å². The standard InChI is InChI=1S/C15H20ClNO3S/c1-4-15(5-2,9-13(18)19)17-14(20)11-8-10(21-3)6-7-12(11)16/h6-8H,4-5,9H2,1-3H3,(H,17,20)(H,18,19). The van der Waals surface area contributed by atoms with Gasteiger partial charge in [-0.2, -0.15) is 0 Å². The Labute approximate surface area is 134 Å². The molecule has 0 radical (unpaired) electrons. The average molecular weight is 330 g/mol. The second kappa shape index (κ2) is 7.71. The van der Waals surface area contributed by atoms with E-state index in [1.165, 1.54) is 11.8 Å². The van der Waals surface area contributed by atoms with Crippen molar-refractivity contribution in [2.75, 3.05) is 6.26 Å². The number of nitrogens with one attached hydrogen (secondary N) is 1. The molecule has 6 heteroatoms. The number of hydrogen-bond acceptors (Lipinski definition) is 3. The van der Waals surface area contributed by atoms with Crippen molar-refractivity contribution in [1.29, 1.82) is 0 Å². The number of carboxylic acid groups (broad SMARTS) is 1. The van der Waals surface area contributed by atoms with Gasteiger partial charge in [-0.25, -0.2) is 0 Å². The first-order valence-electron chi connectivity index (χ1n) is 6.75. The molecule has 1 rings (SSSR count). The zero-order valence-corrected chi connectivity index (χ0v) is 14.0. The van der Waals surface area contributed by atoms with Gasteiger partial charge in [0, 0.05) is 4.90 Å². The summed E-state index contributed by atoms with van der Waals surface area (Å²) in [4.78, 5) is 24.4. The summed E-state index contributed by atoms with van der Waals surface area (Å²) in [7, 11) is 0. The summed E-state index contributed by atoms with van der Waals surface area (Å²) >= 11 is 7.60. The third kappa shape index (κ3) is 4.64. The number of thioether (sulfide) groups is 1. The van der Waals surface area contributed by atoms with Crippen molar-refractivity contribution in [2.45, 2.75) is 43.5 Å². The maximum absolute atomic E-state index is 12.5. The molecule has 0 atom stereocenters. The summed E-state index contributed by atoms with van der Waals surface area (Å²) < 4.78 is 0. The Morgan fingerprint density at radius 3 is 2.43 bits per heavy atom. The fraction of sp³-hybridized carbons (Fsp3) is 0.467. The van der Waals surface area contributed by atoms with Gasteiger partial charge >= 0.3 is 5.97 Å². The molecule has 0 aliphatic rings. The van der Waals surface area contributed by atoms with Crippen LogP contribution < -0.4 is 5.32 Å².